The van der Waals surface area contributed by atoms with Gasteiger partial charge in [0, 0.05) is 53.4 Å². The Kier molecular flexibility index (Phi) is 4.83. The number of carbonyl (C=O) groups excluding carboxylic acids is 2. The molecule has 32 heavy (non-hydrogen) atoms. The van der Waals surface area contributed by atoms with Gasteiger partial charge in [-0.3, -0.25) is 4.79 Å². The molecular formula is C24H22ClN5O2. The van der Waals surface area contributed by atoms with Gasteiger partial charge >= 0.3 is 6.03 Å². The number of aromatic nitrogens is 1. The van der Waals surface area contributed by atoms with E-state index in [-0.39, 0.29) is 5.91 Å². The maximum absolute atomic E-state index is 13.7. The number of unbranched alkanes of at least 4 members (excludes halogenated alkanes) is 1. The van der Waals surface area contributed by atoms with E-state index in [9.17, 15) is 9.59 Å². The Balaban J connectivity index is 1.53. The normalized spacial score (nSPS) is 16.3. The molecule has 0 radical (unpaired) electrons. The number of likely N-dealkylation sites (tertiary alicyclic amines) is 1. The minimum Gasteiger partial charge on any atom is -0.351 e. The van der Waals surface area contributed by atoms with Crippen molar-refractivity contribution in [3.05, 3.63) is 64.8 Å². The molecule has 0 aliphatic carbocycles. The summed E-state index contributed by atoms with van der Waals surface area (Å²) in [5.41, 5.74) is 8.52. The first kappa shape index (κ1) is 20.4. The number of aryl methyl sites for hydroxylation is 1. The summed E-state index contributed by atoms with van der Waals surface area (Å²) >= 11 is 6.21. The van der Waals surface area contributed by atoms with Crippen molar-refractivity contribution in [2.75, 3.05) is 18.0 Å². The minimum absolute atomic E-state index is 0.0111. The van der Waals surface area contributed by atoms with Gasteiger partial charge in [0.1, 0.15) is 5.41 Å². The lowest BCUT2D eigenvalue weighted by Crippen LogP contribution is -2.66. The number of nitrogens with zero attached hydrogens (tertiary/aromatic N) is 4. The third-order valence-corrected chi connectivity index (χ3v) is 6.77. The number of halogens is 1. The molecule has 2 aliphatic rings. The average Bonchev–Trinajstić information content (AvgIpc) is 3.19. The molecule has 8 heteroatoms. The number of amides is 3. The van der Waals surface area contributed by atoms with E-state index in [1.807, 2.05) is 47.4 Å². The predicted octanol–water partition coefficient (Wildman–Crippen LogP) is 3.78. The molecule has 1 fully saturated rings. The second-order valence-electron chi connectivity index (χ2n) is 8.44. The van der Waals surface area contributed by atoms with Gasteiger partial charge in [0.2, 0.25) is 5.91 Å². The Morgan fingerprint density at radius 1 is 1.19 bits per heavy atom. The van der Waals surface area contributed by atoms with E-state index >= 15 is 0 Å². The zero-order valence-electron chi connectivity index (χ0n) is 17.4. The monoisotopic (exact) mass is 447 g/mol. The fourth-order valence-electron chi connectivity index (χ4n) is 4.99. The van der Waals surface area contributed by atoms with Crippen molar-refractivity contribution < 1.29 is 9.59 Å². The topological polar surface area (TPSA) is 95.4 Å². The molecule has 2 N–H and O–H groups in total. The van der Waals surface area contributed by atoms with Crippen LogP contribution in [0.15, 0.2) is 48.5 Å². The SMILES string of the molecule is N#CCCCn1c(CN2C(=O)C3(CN(C(N)=O)C3)c3ccccc32)cc2cc(Cl)ccc21. The van der Waals surface area contributed by atoms with E-state index in [0.29, 0.717) is 37.6 Å². The molecule has 0 bridgehead atoms. The Morgan fingerprint density at radius 3 is 2.72 bits per heavy atom. The molecule has 3 heterocycles. The summed E-state index contributed by atoms with van der Waals surface area (Å²) in [4.78, 5) is 28.6. The van der Waals surface area contributed by atoms with Gasteiger partial charge in [-0.1, -0.05) is 29.8 Å². The Hall–Kier alpha value is -3.50. The molecule has 162 valence electrons. The second kappa shape index (κ2) is 7.57. The number of rotatable bonds is 5. The summed E-state index contributed by atoms with van der Waals surface area (Å²) in [6, 6.07) is 17.3. The van der Waals surface area contributed by atoms with Crippen molar-refractivity contribution in [3.63, 3.8) is 0 Å². The first-order chi connectivity index (χ1) is 15.4. The van der Waals surface area contributed by atoms with Crippen LogP contribution in [-0.2, 0) is 23.3 Å². The fourth-order valence-corrected chi connectivity index (χ4v) is 5.17. The number of nitrogens with two attached hydrogens (primary N) is 1. The van der Waals surface area contributed by atoms with Gasteiger partial charge in [-0.05, 0) is 42.3 Å². The third-order valence-electron chi connectivity index (χ3n) is 6.54. The van der Waals surface area contributed by atoms with E-state index in [1.165, 1.54) is 4.90 Å². The lowest BCUT2D eigenvalue weighted by atomic mass is 9.75. The zero-order valence-corrected chi connectivity index (χ0v) is 18.2. The van der Waals surface area contributed by atoms with Crippen LogP contribution in [0.1, 0.15) is 24.1 Å². The molecule has 2 aliphatic heterocycles. The standard InChI is InChI=1S/C24H22ClN5O2/c25-17-7-8-20-16(11-17)12-18(29(20)10-4-3-9-26)13-30-21-6-2-1-5-19(21)24(22(30)31)14-28(15-24)23(27)32/h1-2,5-8,11-12H,3-4,10,13-15H2,(H2,27,32). The highest BCUT2D eigenvalue weighted by Gasteiger charge is 2.58. The van der Waals surface area contributed by atoms with Crippen LogP contribution in [0.5, 0.6) is 0 Å². The molecule has 7 nitrogen and oxygen atoms in total. The quantitative estimate of drug-likeness (QED) is 0.603. The summed E-state index contributed by atoms with van der Waals surface area (Å²) in [6.45, 7) is 1.68. The fraction of sp³-hybridized carbons (Fsp3) is 0.292. The van der Waals surface area contributed by atoms with Crippen molar-refractivity contribution in [2.45, 2.75) is 31.3 Å². The number of fused-ring (bicyclic) bond motifs is 3. The van der Waals surface area contributed by atoms with Crippen molar-refractivity contribution >= 4 is 40.1 Å². The largest absolute Gasteiger partial charge is 0.351 e. The Bertz CT molecular complexity index is 1290. The van der Waals surface area contributed by atoms with E-state index in [4.69, 9.17) is 22.6 Å². The second-order valence-corrected chi connectivity index (χ2v) is 8.87. The van der Waals surface area contributed by atoms with Crippen molar-refractivity contribution in [1.29, 1.82) is 5.26 Å². The Morgan fingerprint density at radius 2 is 1.97 bits per heavy atom. The van der Waals surface area contributed by atoms with Gasteiger partial charge in [0.25, 0.3) is 0 Å². The number of para-hydroxylation sites is 1. The predicted molar refractivity (Wildman–Crippen MR) is 122 cm³/mol. The van der Waals surface area contributed by atoms with Gasteiger partial charge in [0.15, 0.2) is 0 Å². The third kappa shape index (κ3) is 3.02. The average molecular weight is 448 g/mol. The highest BCUT2D eigenvalue weighted by Crippen LogP contribution is 2.47. The van der Waals surface area contributed by atoms with Crippen molar-refractivity contribution in [1.82, 2.24) is 9.47 Å². The summed E-state index contributed by atoms with van der Waals surface area (Å²) < 4.78 is 2.17. The lowest BCUT2D eigenvalue weighted by Gasteiger charge is -2.45. The first-order valence-corrected chi connectivity index (χ1v) is 10.9. The highest BCUT2D eigenvalue weighted by atomic mass is 35.5. The smallest absolute Gasteiger partial charge is 0.314 e. The van der Waals surface area contributed by atoms with Gasteiger partial charge in [-0.2, -0.15) is 5.26 Å². The van der Waals surface area contributed by atoms with Gasteiger partial charge in [0.05, 0.1) is 12.6 Å². The summed E-state index contributed by atoms with van der Waals surface area (Å²) in [7, 11) is 0. The molecule has 1 saturated heterocycles. The van der Waals surface area contributed by atoms with Gasteiger partial charge in [-0.25, -0.2) is 4.79 Å². The zero-order chi connectivity index (χ0) is 22.5. The number of anilines is 1. The van der Waals surface area contributed by atoms with Gasteiger partial charge in [-0.15, -0.1) is 0 Å². The van der Waals surface area contributed by atoms with E-state index in [2.05, 4.69) is 16.7 Å². The molecule has 3 aromatic rings. The summed E-state index contributed by atoms with van der Waals surface area (Å²) in [6.07, 6.45) is 1.18. The number of hydrogen-bond donors (Lipinski definition) is 1. The van der Waals surface area contributed by atoms with Crippen LogP contribution < -0.4 is 10.6 Å². The maximum atomic E-state index is 13.7. The van der Waals surface area contributed by atoms with Crippen LogP contribution in [-0.4, -0.2) is 34.5 Å². The number of hydrogen-bond acceptors (Lipinski definition) is 3. The number of primary amides is 1. The summed E-state index contributed by atoms with van der Waals surface area (Å²) in [5.74, 6) is -0.0111. The van der Waals surface area contributed by atoms with Crippen LogP contribution >= 0.6 is 11.6 Å². The summed E-state index contributed by atoms with van der Waals surface area (Å²) in [5, 5.41) is 10.6. The number of nitriles is 1. The van der Waals surface area contributed by atoms with Crippen LogP contribution in [0.3, 0.4) is 0 Å². The minimum atomic E-state index is -0.730. The lowest BCUT2D eigenvalue weighted by molar-refractivity contribution is -0.127. The van der Waals surface area contributed by atoms with E-state index in [0.717, 1.165) is 34.3 Å². The molecule has 1 aromatic heterocycles. The molecule has 1 spiro atoms. The molecule has 5 rings (SSSR count). The number of carbonyl (C=O) groups is 2. The van der Waals surface area contributed by atoms with Crippen molar-refractivity contribution in [3.8, 4) is 6.07 Å². The highest BCUT2D eigenvalue weighted by molar-refractivity contribution is 6.31. The number of benzene rings is 2. The van der Waals surface area contributed by atoms with E-state index in [1.54, 1.807) is 0 Å². The maximum Gasteiger partial charge on any atom is 0.314 e. The number of urea groups is 1. The van der Waals surface area contributed by atoms with Crippen LogP contribution in [0.4, 0.5) is 10.5 Å². The molecule has 0 unspecified atom stereocenters. The van der Waals surface area contributed by atoms with E-state index < -0.39 is 11.4 Å². The van der Waals surface area contributed by atoms with Crippen LogP contribution in [0.2, 0.25) is 5.02 Å². The molecule has 3 amide bonds. The van der Waals surface area contributed by atoms with Gasteiger partial charge < -0.3 is 20.1 Å². The Labute approximate surface area is 190 Å². The molecular weight excluding hydrogens is 426 g/mol. The van der Waals surface area contributed by atoms with Crippen LogP contribution in [0.25, 0.3) is 10.9 Å². The van der Waals surface area contributed by atoms with Crippen LogP contribution in [0, 0.1) is 11.3 Å². The first-order valence-electron chi connectivity index (χ1n) is 10.5. The molecule has 2 aromatic carbocycles. The molecule has 0 atom stereocenters. The van der Waals surface area contributed by atoms with Crippen molar-refractivity contribution in [2.24, 2.45) is 5.73 Å². The molecule has 0 saturated carbocycles.